The Bertz CT molecular complexity index is 475. The van der Waals surface area contributed by atoms with Crippen LogP contribution < -0.4 is 10.6 Å². The van der Waals surface area contributed by atoms with E-state index in [9.17, 15) is 4.39 Å². The van der Waals surface area contributed by atoms with E-state index in [2.05, 4.69) is 31.6 Å². The zero-order valence-corrected chi connectivity index (χ0v) is 17.3. The van der Waals surface area contributed by atoms with Crippen molar-refractivity contribution in [1.29, 1.82) is 0 Å². The molecule has 1 heterocycles. The molecule has 22 heavy (non-hydrogen) atoms. The van der Waals surface area contributed by atoms with Crippen LogP contribution in [0.4, 0.5) is 4.39 Å². The molecule has 1 aliphatic rings. The fraction of sp³-hybridized carbons (Fsp3) is 0.533. The average Bonchev–Trinajstić information content (AvgIpc) is 2.94. The highest BCUT2D eigenvalue weighted by atomic mass is 127. The molecule has 7 heteroatoms. The van der Waals surface area contributed by atoms with Gasteiger partial charge in [-0.25, -0.2) is 9.38 Å². The fourth-order valence-corrected chi connectivity index (χ4v) is 3.94. The molecule has 1 aromatic carbocycles. The smallest absolute Gasteiger partial charge is 0.191 e. The van der Waals surface area contributed by atoms with Crippen LogP contribution in [0.15, 0.2) is 27.7 Å². The summed E-state index contributed by atoms with van der Waals surface area (Å²) in [5.41, 5.74) is 0.856. The molecule has 0 amide bonds. The zero-order valence-electron chi connectivity index (χ0n) is 12.6. The number of aliphatic imine (C=N–C) groups is 1. The van der Waals surface area contributed by atoms with Crippen LogP contribution in [0, 0.1) is 5.82 Å². The molecule has 1 saturated heterocycles. The first-order chi connectivity index (χ1) is 10.2. The van der Waals surface area contributed by atoms with Crippen LogP contribution in [0.5, 0.6) is 0 Å². The van der Waals surface area contributed by atoms with Crippen LogP contribution >= 0.6 is 51.7 Å². The molecule has 0 radical (unpaired) electrons. The molecule has 1 aliphatic heterocycles. The Hall–Kier alpha value is -0.0200. The van der Waals surface area contributed by atoms with Crippen LogP contribution in [0.1, 0.15) is 25.3 Å². The molecule has 3 nitrogen and oxygen atoms in total. The Kier molecular flexibility index (Phi) is 9.74. The van der Waals surface area contributed by atoms with Crippen molar-refractivity contribution >= 4 is 57.6 Å². The molecule has 0 bridgehead atoms. The predicted octanol–water partition coefficient (Wildman–Crippen LogP) is 4.16. The van der Waals surface area contributed by atoms with Gasteiger partial charge in [-0.05, 0) is 49.3 Å². The number of nitrogens with zero attached hydrogens (tertiary/aromatic N) is 1. The number of hydrogen-bond donors (Lipinski definition) is 2. The molecule has 0 aromatic heterocycles. The Labute approximate surface area is 161 Å². The molecule has 1 unspecified atom stereocenters. The summed E-state index contributed by atoms with van der Waals surface area (Å²) < 4.78 is 14.1. The molecule has 0 aliphatic carbocycles. The number of halogens is 3. The first-order valence-electron chi connectivity index (χ1n) is 7.26. The lowest BCUT2D eigenvalue weighted by atomic mass is 10.2. The third kappa shape index (κ3) is 7.04. The molecule has 0 spiro atoms. The Morgan fingerprint density at radius 3 is 2.86 bits per heavy atom. The number of benzene rings is 1. The minimum absolute atomic E-state index is 0. The maximum Gasteiger partial charge on any atom is 0.191 e. The molecular formula is C15H22BrFIN3S. The summed E-state index contributed by atoms with van der Waals surface area (Å²) in [7, 11) is 0. The zero-order chi connectivity index (χ0) is 15.1. The third-order valence-corrected chi connectivity index (χ3v) is 5.06. The van der Waals surface area contributed by atoms with Crippen LogP contribution in [0.2, 0.25) is 0 Å². The first-order valence-corrected chi connectivity index (χ1v) is 9.10. The summed E-state index contributed by atoms with van der Waals surface area (Å²) in [5.74, 6) is 1.82. The van der Waals surface area contributed by atoms with Crippen molar-refractivity contribution in [3.63, 3.8) is 0 Å². The van der Waals surface area contributed by atoms with Crippen molar-refractivity contribution in [2.24, 2.45) is 4.99 Å². The van der Waals surface area contributed by atoms with E-state index in [4.69, 9.17) is 0 Å². The van der Waals surface area contributed by atoms with Crippen LogP contribution in [-0.4, -0.2) is 30.1 Å². The second kappa shape index (κ2) is 10.7. The predicted molar refractivity (Wildman–Crippen MR) is 108 cm³/mol. The Balaban J connectivity index is 0.00000242. The topological polar surface area (TPSA) is 36.4 Å². The molecule has 2 rings (SSSR count). The van der Waals surface area contributed by atoms with E-state index in [0.29, 0.717) is 11.8 Å². The summed E-state index contributed by atoms with van der Waals surface area (Å²) in [6, 6.07) is 4.86. The summed E-state index contributed by atoms with van der Waals surface area (Å²) >= 11 is 5.32. The monoisotopic (exact) mass is 501 g/mol. The van der Waals surface area contributed by atoms with E-state index in [1.165, 1.54) is 30.7 Å². The van der Waals surface area contributed by atoms with Crippen molar-refractivity contribution in [3.05, 3.63) is 34.1 Å². The van der Waals surface area contributed by atoms with Crippen molar-refractivity contribution in [3.8, 4) is 0 Å². The van der Waals surface area contributed by atoms with E-state index in [0.717, 1.165) is 29.1 Å². The fourth-order valence-electron chi connectivity index (χ4n) is 2.23. The second-order valence-electron chi connectivity index (χ2n) is 4.99. The Morgan fingerprint density at radius 2 is 2.23 bits per heavy atom. The number of thioether (sulfide) groups is 1. The number of guanidine groups is 1. The highest BCUT2D eigenvalue weighted by Crippen LogP contribution is 2.25. The quantitative estimate of drug-likeness (QED) is 0.361. The largest absolute Gasteiger partial charge is 0.357 e. The standard InChI is InChI=1S/C15H21BrFN3S.HI/c1-2-18-15(20-10-14-4-3-5-21-14)19-9-11-6-12(16)8-13(17)7-11;/h6-8,14H,2-5,9-10H2,1H3,(H2,18,19,20);1H. The molecule has 124 valence electrons. The molecule has 2 N–H and O–H groups in total. The van der Waals surface area contributed by atoms with Crippen LogP contribution in [0.3, 0.4) is 0 Å². The second-order valence-corrected chi connectivity index (χ2v) is 7.31. The number of hydrogen-bond acceptors (Lipinski definition) is 2. The molecule has 1 atom stereocenters. The minimum atomic E-state index is -0.241. The number of rotatable bonds is 5. The third-order valence-electron chi connectivity index (χ3n) is 3.21. The summed E-state index contributed by atoms with van der Waals surface area (Å²) in [6.07, 6.45) is 2.58. The Morgan fingerprint density at radius 1 is 1.41 bits per heavy atom. The number of nitrogens with one attached hydrogen (secondary N) is 2. The van der Waals surface area contributed by atoms with Gasteiger partial charge in [0.15, 0.2) is 5.96 Å². The van der Waals surface area contributed by atoms with Gasteiger partial charge >= 0.3 is 0 Å². The molecule has 0 saturated carbocycles. The van der Waals surface area contributed by atoms with Crippen molar-refractivity contribution in [1.82, 2.24) is 10.6 Å². The van der Waals surface area contributed by atoms with Gasteiger partial charge in [0.25, 0.3) is 0 Å². The summed E-state index contributed by atoms with van der Waals surface area (Å²) in [5, 5.41) is 7.28. The summed E-state index contributed by atoms with van der Waals surface area (Å²) in [4.78, 5) is 4.52. The van der Waals surface area contributed by atoms with Crippen molar-refractivity contribution < 1.29 is 4.39 Å². The van der Waals surface area contributed by atoms with E-state index in [-0.39, 0.29) is 29.8 Å². The van der Waals surface area contributed by atoms with Gasteiger partial charge in [0.1, 0.15) is 5.82 Å². The average molecular weight is 502 g/mol. The van der Waals surface area contributed by atoms with E-state index >= 15 is 0 Å². The maximum absolute atomic E-state index is 13.3. The molecule has 1 aromatic rings. The minimum Gasteiger partial charge on any atom is -0.357 e. The maximum atomic E-state index is 13.3. The highest BCUT2D eigenvalue weighted by Gasteiger charge is 2.15. The van der Waals surface area contributed by atoms with Crippen LogP contribution in [-0.2, 0) is 6.54 Å². The van der Waals surface area contributed by atoms with Gasteiger partial charge < -0.3 is 10.6 Å². The van der Waals surface area contributed by atoms with Gasteiger partial charge in [0, 0.05) is 22.8 Å². The SMILES string of the molecule is CCNC(=NCc1cc(F)cc(Br)c1)NCC1CCCS1.I. The lowest BCUT2D eigenvalue weighted by Crippen LogP contribution is -2.40. The highest BCUT2D eigenvalue weighted by molar-refractivity contribution is 14.0. The normalized spacial score (nSPS) is 18.0. The van der Waals surface area contributed by atoms with Crippen molar-refractivity contribution in [2.45, 2.75) is 31.6 Å². The summed E-state index contributed by atoms with van der Waals surface area (Å²) in [6.45, 7) is 4.25. The lowest BCUT2D eigenvalue weighted by Gasteiger charge is -2.14. The van der Waals surface area contributed by atoms with E-state index in [1.807, 2.05) is 24.8 Å². The van der Waals surface area contributed by atoms with Gasteiger partial charge in [0.05, 0.1) is 6.54 Å². The first kappa shape index (κ1) is 20.0. The van der Waals surface area contributed by atoms with Crippen molar-refractivity contribution in [2.75, 3.05) is 18.8 Å². The van der Waals surface area contributed by atoms with Gasteiger partial charge in [-0.15, -0.1) is 24.0 Å². The van der Waals surface area contributed by atoms with Gasteiger partial charge in [-0.3, -0.25) is 0 Å². The van der Waals surface area contributed by atoms with E-state index in [1.54, 1.807) is 0 Å². The molecule has 1 fully saturated rings. The van der Waals surface area contributed by atoms with Crippen LogP contribution in [0.25, 0.3) is 0 Å². The van der Waals surface area contributed by atoms with Gasteiger partial charge in [-0.1, -0.05) is 15.9 Å². The van der Waals surface area contributed by atoms with E-state index < -0.39 is 0 Å². The molecular weight excluding hydrogens is 480 g/mol. The lowest BCUT2D eigenvalue weighted by molar-refractivity contribution is 0.624. The van der Waals surface area contributed by atoms with Gasteiger partial charge in [0.2, 0.25) is 0 Å². The van der Waals surface area contributed by atoms with Gasteiger partial charge in [-0.2, -0.15) is 11.8 Å².